The van der Waals surface area contributed by atoms with E-state index in [4.69, 9.17) is 17.3 Å². The third-order valence-corrected chi connectivity index (χ3v) is 4.57. The van der Waals surface area contributed by atoms with Gasteiger partial charge < -0.3 is 5.73 Å². The molecule has 0 spiro atoms. The zero-order chi connectivity index (χ0) is 14.0. The van der Waals surface area contributed by atoms with Gasteiger partial charge in [0.2, 0.25) is 0 Å². The van der Waals surface area contributed by atoms with Crippen molar-refractivity contribution >= 4 is 33.1 Å². The minimum Gasteiger partial charge on any atom is -0.399 e. The first-order valence-corrected chi connectivity index (χ1v) is 7.19. The second-order valence-corrected chi connectivity index (χ2v) is 6.28. The lowest BCUT2D eigenvalue weighted by Crippen LogP contribution is -2.27. The summed E-state index contributed by atoms with van der Waals surface area (Å²) in [5, 5.41) is 0.446. The lowest BCUT2D eigenvalue weighted by molar-refractivity contribution is 0.594. The monoisotopic (exact) mass is 297 g/mol. The van der Waals surface area contributed by atoms with Crippen LogP contribution < -0.4 is 10.0 Å². The second-order valence-electron chi connectivity index (χ2n) is 3.88. The Morgan fingerprint density at radius 1 is 1.16 bits per heavy atom. The van der Waals surface area contributed by atoms with Crippen LogP contribution in [-0.2, 0) is 10.0 Å². The lowest BCUT2D eigenvalue weighted by Gasteiger charge is -2.18. The molecule has 1 heterocycles. The molecule has 0 bridgehead atoms. The van der Waals surface area contributed by atoms with Gasteiger partial charge in [-0.3, -0.25) is 4.31 Å². The van der Waals surface area contributed by atoms with Crippen molar-refractivity contribution in [2.24, 2.45) is 0 Å². The van der Waals surface area contributed by atoms with Crippen LogP contribution in [0.15, 0.2) is 47.5 Å². The number of aromatic nitrogens is 1. The Labute approximate surface area is 116 Å². The van der Waals surface area contributed by atoms with E-state index < -0.39 is 10.0 Å². The number of halogens is 1. The van der Waals surface area contributed by atoms with E-state index in [-0.39, 0.29) is 4.90 Å². The summed E-state index contributed by atoms with van der Waals surface area (Å²) in [5.41, 5.74) is 6.04. The smallest absolute Gasteiger partial charge is 0.265 e. The first-order chi connectivity index (χ1) is 8.91. The summed E-state index contributed by atoms with van der Waals surface area (Å²) in [6.45, 7) is 0. The normalized spacial score (nSPS) is 11.3. The van der Waals surface area contributed by atoms with Crippen LogP contribution in [0.2, 0.25) is 5.02 Å². The minimum atomic E-state index is -3.65. The number of sulfonamides is 1. The van der Waals surface area contributed by atoms with Gasteiger partial charge in [0.25, 0.3) is 10.0 Å². The topological polar surface area (TPSA) is 76.3 Å². The number of benzene rings is 1. The molecule has 0 fully saturated rings. The van der Waals surface area contributed by atoms with Gasteiger partial charge in [0.1, 0.15) is 5.82 Å². The summed E-state index contributed by atoms with van der Waals surface area (Å²) in [6, 6.07) is 9.11. The maximum absolute atomic E-state index is 12.3. The van der Waals surface area contributed by atoms with Gasteiger partial charge in [-0.25, -0.2) is 13.4 Å². The van der Waals surface area contributed by atoms with Crippen LogP contribution >= 0.6 is 11.6 Å². The van der Waals surface area contributed by atoms with Crippen molar-refractivity contribution in [3.8, 4) is 0 Å². The Hall–Kier alpha value is -1.79. The van der Waals surface area contributed by atoms with Gasteiger partial charge in [-0.1, -0.05) is 11.6 Å². The number of pyridine rings is 1. The van der Waals surface area contributed by atoms with Crippen molar-refractivity contribution in [2.75, 3.05) is 17.1 Å². The van der Waals surface area contributed by atoms with Crippen molar-refractivity contribution in [3.63, 3.8) is 0 Å². The largest absolute Gasteiger partial charge is 0.399 e. The molecular formula is C12H12ClN3O2S. The predicted octanol–water partition coefficient (Wildman–Crippen LogP) is 2.14. The van der Waals surface area contributed by atoms with E-state index >= 15 is 0 Å². The third kappa shape index (κ3) is 2.80. The van der Waals surface area contributed by atoms with Gasteiger partial charge >= 0.3 is 0 Å². The molecule has 5 nitrogen and oxygen atoms in total. The second kappa shape index (κ2) is 5.07. The van der Waals surface area contributed by atoms with E-state index in [9.17, 15) is 8.42 Å². The van der Waals surface area contributed by atoms with E-state index in [2.05, 4.69) is 4.98 Å². The number of rotatable bonds is 3. The SMILES string of the molecule is CN(c1ccc(Cl)cn1)S(=O)(=O)c1ccc(N)cc1. The number of hydrogen-bond acceptors (Lipinski definition) is 4. The molecular weight excluding hydrogens is 286 g/mol. The quantitative estimate of drug-likeness (QED) is 0.881. The number of nitrogens with zero attached hydrogens (tertiary/aromatic N) is 2. The van der Waals surface area contributed by atoms with E-state index in [1.807, 2.05) is 0 Å². The molecule has 2 rings (SSSR count). The summed E-state index contributed by atoms with van der Waals surface area (Å²) in [6.07, 6.45) is 1.39. The molecule has 1 aromatic heterocycles. The maximum Gasteiger partial charge on any atom is 0.265 e. The molecule has 0 saturated carbocycles. The molecule has 1 aromatic carbocycles. The fourth-order valence-electron chi connectivity index (χ4n) is 1.48. The molecule has 19 heavy (non-hydrogen) atoms. The van der Waals surface area contributed by atoms with Crippen molar-refractivity contribution in [1.82, 2.24) is 4.98 Å². The highest BCUT2D eigenvalue weighted by Gasteiger charge is 2.21. The van der Waals surface area contributed by atoms with Gasteiger partial charge in [-0.05, 0) is 36.4 Å². The molecule has 0 aliphatic rings. The molecule has 0 atom stereocenters. The summed E-state index contributed by atoms with van der Waals surface area (Å²) in [4.78, 5) is 4.13. The van der Waals surface area contributed by atoms with E-state index in [1.165, 1.54) is 43.6 Å². The molecule has 0 aliphatic carbocycles. The highest BCUT2D eigenvalue weighted by molar-refractivity contribution is 7.92. The van der Waals surface area contributed by atoms with Gasteiger partial charge in [0.05, 0.1) is 9.92 Å². The van der Waals surface area contributed by atoms with Crippen LogP contribution in [-0.4, -0.2) is 20.4 Å². The first kappa shape index (κ1) is 13.6. The molecule has 0 aliphatic heterocycles. The van der Waals surface area contributed by atoms with Crippen molar-refractivity contribution < 1.29 is 8.42 Å². The van der Waals surface area contributed by atoms with Crippen LogP contribution in [0, 0.1) is 0 Å². The summed E-state index contributed by atoms with van der Waals surface area (Å²) in [5.74, 6) is 0.293. The number of anilines is 2. The van der Waals surface area contributed by atoms with Gasteiger partial charge in [0.15, 0.2) is 0 Å². The molecule has 0 unspecified atom stereocenters. The molecule has 100 valence electrons. The van der Waals surface area contributed by atoms with Gasteiger partial charge in [0, 0.05) is 18.9 Å². The molecule has 7 heteroatoms. The third-order valence-electron chi connectivity index (χ3n) is 2.57. The molecule has 0 saturated heterocycles. The lowest BCUT2D eigenvalue weighted by atomic mass is 10.3. The van der Waals surface area contributed by atoms with Crippen molar-refractivity contribution in [2.45, 2.75) is 4.90 Å². The predicted molar refractivity (Wildman–Crippen MR) is 75.7 cm³/mol. The Morgan fingerprint density at radius 3 is 2.32 bits per heavy atom. The minimum absolute atomic E-state index is 0.154. The van der Waals surface area contributed by atoms with E-state index in [0.717, 1.165) is 4.31 Å². The van der Waals surface area contributed by atoms with Gasteiger partial charge in [-0.15, -0.1) is 0 Å². The standard InChI is InChI=1S/C12H12ClN3O2S/c1-16(12-7-2-9(13)8-15-12)19(17,18)11-5-3-10(14)4-6-11/h2-8H,14H2,1H3. The average Bonchev–Trinajstić information content (AvgIpc) is 2.39. The number of nitrogens with two attached hydrogens (primary N) is 1. The Morgan fingerprint density at radius 2 is 1.79 bits per heavy atom. The van der Waals surface area contributed by atoms with Gasteiger partial charge in [-0.2, -0.15) is 0 Å². The van der Waals surface area contributed by atoms with Crippen LogP contribution in [0.3, 0.4) is 0 Å². The van der Waals surface area contributed by atoms with E-state index in [1.54, 1.807) is 6.07 Å². The maximum atomic E-state index is 12.3. The van der Waals surface area contributed by atoms with Crippen molar-refractivity contribution in [3.05, 3.63) is 47.6 Å². The highest BCUT2D eigenvalue weighted by Crippen LogP contribution is 2.21. The highest BCUT2D eigenvalue weighted by atomic mass is 35.5. The van der Waals surface area contributed by atoms with Crippen molar-refractivity contribution in [1.29, 1.82) is 0 Å². The Balaban J connectivity index is 2.39. The Kier molecular flexibility index (Phi) is 3.64. The average molecular weight is 298 g/mol. The van der Waals surface area contributed by atoms with Crippen LogP contribution in [0.25, 0.3) is 0 Å². The van der Waals surface area contributed by atoms with Crippen LogP contribution in [0.1, 0.15) is 0 Å². The Bertz CT molecular complexity index is 669. The van der Waals surface area contributed by atoms with E-state index in [0.29, 0.717) is 16.5 Å². The molecule has 2 aromatic rings. The zero-order valence-corrected chi connectivity index (χ0v) is 11.7. The fourth-order valence-corrected chi connectivity index (χ4v) is 2.74. The molecule has 0 amide bonds. The van der Waals surface area contributed by atoms with Crippen LogP contribution in [0.5, 0.6) is 0 Å². The molecule has 2 N–H and O–H groups in total. The number of nitrogen functional groups attached to an aromatic ring is 1. The van der Waals surface area contributed by atoms with Crippen LogP contribution in [0.4, 0.5) is 11.5 Å². The summed E-state index contributed by atoms with van der Waals surface area (Å²) in [7, 11) is -2.22. The summed E-state index contributed by atoms with van der Waals surface area (Å²) < 4.78 is 25.8. The zero-order valence-electron chi connectivity index (χ0n) is 10.1. The fraction of sp³-hybridized carbons (Fsp3) is 0.0833. The number of hydrogen-bond donors (Lipinski definition) is 1. The summed E-state index contributed by atoms with van der Waals surface area (Å²) >= 11 is 5.72. The first-order valence-electron chi connectivity index (χ1n) is 5.37. The molecule has 0 radical (unpaired) electrons.